The van der Waals surface area contributed by atoms with Gasteiger partial charge in [0.15, 0.2) is 0 Å². The highest BCUT2D eigenvalue weighted by Crippen LogP contribution is 2.33. The molecule has 0 aliphatic carbocycles. The molecule has 1 N–H and O–H groups in total. The molecule has 0 fully saturated rings. The highest BCUT2D eigenvalue weighted by Gasteiger charge is 2.30. The fourth-order valence-electron chi connectivity index (χ4n) is 3.60. The van der Waals surface area contributed by atoms with Crippen LogP contribution in [0.3, 0.4) is 0 Å². The standard InChI is InChI=1S/C26H30N2O4S/c1-5-23(21-14-11-19(2)12-15-21)27-26(29)18-28(24-17-20(3)13-16-25(24)32-4)33(30,31)22-9-7-6-8-10-22/h6-17,23H,5,18H2,1-4H3,(H,27,29)/t23-/m1/s1. The predicted molar refractivity (Wildman–Crippen MR) is 131 cm³/mol. The number of methoxy groups -OCH3 is 1. The molecule has 0 bridgehead atoms. The maximum Gasteiger partial charge on any atom is 0.264 e. The molecule has 174 valence electrons. The van der Waals surface area contributed by atoms with Gasteiger partial charge in [0.2, 0.25) is 5.91 Å². The minimum Gasteiger partial charge on any atom is -0.495 e. The molecule has 0 aromatic heterocycles. The Labute approximate surface area is 196 Å². The molecule has 0 unspecified atom stereocenters. The molecule has 3 aromatic carbocycles. The third-order valence-corrected chi connectivity index (χ3v) is 7.22. The van der Waals surface area contributed by atoms with Crippen molar-refractivity contribution in [1.29, 1.82) is 0 Å². The Bertz CT molecular complexity index is 1190. The summed E-state index contributed by atoms with van der Waals surface area (Å²) in [6.45, 7) is 5.47. The Morgan fingerprint density at radius 1 is 0.970 bits per heavy atom. The van der Waals surface area contributed by atoms with Crippen LogP contribution >= 0.6 is 0 Å². The smallest absolute Gasteiger partial charge is 0.264 e. The SMILES string of the molecule is CC[C@@H](NC(=O)CN(c1cc(C)ccc1OC)S(=O)(=O)c1ccccc1)c1ccc(C)cc1. The Hall–Kier alpha value is -3.32. The van der Waals surface area contributed by atoms with Gasteiger partial charge in [0.1, 0.15) is 12.3 Å². The van der Waals surface area contributed by atoms with E-state index in [1.165, 1.54) is 19.2 Å². The van der Waals surface area contributed by atoms with Crippen molar-refractivity contribution in [2.45, 2.75) is 38.1 Å². The van der Waals surface area contributed by atoms with Crippen molar-refractivity contribution >= 4 is 21.6 Å². The van der Waals surface area contributed by atoms with Gasteiger partial charge in [-0.2, -0.15) is 0 Å². The number of anilines is 1. The molecule has 6 nitrogen and oxygen atoms in total. The van der Waals surface area contributed by atoms with E-state index in [9.17, 15) is 13.2 Å². The lowest BCUT2D eigenvalue weighted by molar-refractivity contribution is -0.120. The number of nitrogens with one attached hydrogen (secondary N) is 1. The number of hydrogen-bond acceptors (Lipinski definition) is 4. The summed E-state index contributed by atoms with van der Waals surface area (Å²) < 4.78 is 33.8. The zero-order chi connectivity index (χ0) is 24.0. The van der Waals surface area contributed by atoms with Gasteiger partial charge in [-0.1, -0.05) is 61.0 Å². The topological polar surface area (TPSA) is 75.7 Å². The largest absolute Gasteiger partial charge is 0.495 e. The van der Waals surface area contributed by atoms with E-state index in [-0.39, 0.29) is 17.5 Å². The van der Waals surface area contributed by atoms with E-state index in [2.05, 4.69) is 5.32 Å². The number of ether oxygens (including phenoxy) is 1. The Morgan fingerprint density at radius 2 is 1.61 bits per heavy atom. The van der Waals surface area contributed by atoms with Gasteiger partial charge in [0, 0.05) is 0 Å². The zero-order valence-corrected chi connectivity index (χ0v) is 20.2. The number of carbonyl (C=O) groups is 1. The van der Waals surface area contributed by atoms with Crippen LogP contribution in [0.4, 0.5) is 5.69 Å². The van der Waals surface area contributed by atoms with Gasteiger partial charge >= 0.3 is 0 Å². The summed E-state index contributed by atoms with van der Waals surface area (Å²) >= 11 is 0. The average molecular weight is 467 g/mol. The zero-order valence-electron chi connectivity index (χ0n) is 19.4. The third-order valence-electron chi connectivity index (χ3n) is 5.44. The summed E-state index contributed by atoms with van der Waals surface area (Å²) in [5, 5.41) is 2.99. The minimum atomic E-state index is -4.02. The first-order valence-electron chi connectivity index (χ1n) is 10.8. The highest BCUT2D eigenvalue weighted by atomic mass is 32.2. The molecule has 1 amide bonds. The van der Waals surface area contributed by atoms with Crippen molar-refractivity contribution in [2.75, 3.05) is 18.0 Å². The Balaban J connectivity index is 1.97. The van der Waals surface area contributed by atoms with Gasteiger partial charge < -0.3 is 10.1 Å². The van der Waals surface area contributed by atoms with Gasteiger partial charge in [0.05, 0.1) is 23.7 Å². The summed E-state index contributed by atoms with van der Waals surface area (Å²) in [4.78, 5) is 13.2. The second-order valence-corrected chi connectivity index (χ2v) is 9.80. The van der Waals surface area contributed by atoms with Crippen LogP contribution in [0.2, 0.25) is 0 Å². The molecular weight excluding hydrogens is 436 g/mol. The molecule has 0 heterocycles. The van der Waals surface area contributed by atoms with Crippen molar-refractivity contribution in [2.24, 2.45) is 0 Å². The fraction of sp³-hybridized carbons (Fsp3) is 0.269. The van der Waals surface area contributed by atoms with Crippen LogP contribution in [0.25, 0.3) is 0 Å². The van der Waals surface area contributed by atoms with Gasteiger partial charge in [-0.3, -0.25) is 9.10 Å². The number of carbonyl (C=O) groups excluding carboxylic acids is 1. The number of hydrogen-bond donors (Lipinski definition) is 1. The lowest BCUT2D eigenvalue weighted by atomic mass is 10.0. The molecule has 0 saturated heterocycles. The third kappa shape index (κ3) is 5.73. The van der Waals surface area contributed by atoms with Gasteiger partial charge in [-0.15, -0.1) is 0 Å². The molecule has 3 rings (SSSR count). The van der Waals surface area contributed by atoms with Crippen LogP contribution in [0.15, 0.2) is 77.7 Å². The molecule has 1 atom stereocenters. The number of amides is 1. The van der Waals surface area contributed by atoms with E-state index < -0.39 is 15.9 Å². The van der Waals surface area contributed by atoms with Crippen molar-refractivity contribution < 1.29 is 17.9 Å². The van der Waals surface area contributed by atoms with Crippen LogP contribution in [0, 0.1) is 13.8 Å². The molecule has 7 heteroatoms. The van der Waals surface area contributed by atoms with Crippen molar-refractivity contribution in [3.63, 3.8) is 0 Å². The maximum absolute atomic E-state index is 13.6. The van der Waals surface area contributed by atoms with Gasteiger partial charge in [-0.05, 0) is 55.7 Å². The summed E-state index contributed by atoms with van der Waals surface area (Å²) in [6, 6.07) is 21.1. The van der Waals surface area contributed by atoms with E-state index in [0.717, 1.165) is 21.0 Å². The summed E-state index contributed by atoms with van der Waals surface area (Å²) in [5.41, 5.74) is 3.28. The predicted octanol–water partition coefficient (Wildman–Crippen LogP) is 4.77. The second kappa shape index (κ2) is 10.5. The summed E-state index contributed by atoms with van der Waals surface area (Å²) in [7, 11) is -2.54. The normalized spacial score (nSPS) is 12.1. The number of aryl methyl sites for hydroxylation is 2. The molecule has 3 aromatic rings. The van der Waals surface area contributed by atoms with E-state index in [4.69, 9.17) is 4.74 Å². The first-order chi connectivity index (χ1) is 15.8. The number of sulfonamides is 1. The van der Waals surface area contributed by atoms with Crippen molar-refractivity contribution in [3.05, 3.63) is 89.5 Å². The lowest BCUT2D eigenvalue weighted by Gasteiger charge is -2.27. The van der Waals surface area contributed by atoms with Crippen LogP contribution < -0.4 is 14.4 Å². The van der Waals surface area contributed by atoms with Crippen LogP contribution in [-0.4, -0.2) is 28.0 Å². The van der Waals surface area contributed by atoms with Crippen molar-refractivity contribution in [3.8, 4) is 5.75 Å². The maximum atomic E-state index is 13.6. The molecular formula is C26H30N2O4S. The van der Waals surface area contributed by atoms with E-state index >= 15 is 0 Å². The molecule has 0 aliphatic heterocycles. The highest BCUT2D eigenvalue weighted by molar-refractivity contribution is 7.92. The minimum absolute atomic E-state index is 0.104. The van der Waals surface area contributed by atoms with E-state index in [0.29, 0.717) is 17.9 Å². The van der Waals surface area contributed by atoms with Crippen LogP contribution in [-0.2, 0) is 14.8 Å². The molecule has 0 saturated carbocycles. The number of benzene rings is 3. The summed E-state index contributed by atoms with van der Waals surface area (Å²) in [6.07, 6.45) is 0.675. The first-order valence-corrected chi connectivity index (χ1v) is 12.3. The fourth-order valence-corrected chi connectivity index (χ4v) is 5.05. The van der Waals surface area contributed by atoms with Gasteiger partial charge in [-0.25, -0.2) is 8.42 Å². The van der Waals surface area contributed by atoms with E-state index in [1.54, 1.807) is 30.3 Å². The van der Waals surface area contributed by atoms with E-state index in [1.807, 2.05) is 51.1 Å². The average Bonchev–Trinajstić information content (AvgIpc) is 2.82. The number of nitrogens with zero attached hydrogens (tertiary/aromatic N) is 1. The van der Waals surface area contributed by atoms with Crippen LogP contribution in [0.1, 0.15) is 36.1 Å². The second-order valence-electron chi connectivity index (χ2n) is 7.94. The Kier molecular flexibility index (Phi) is 7.76. The quantitative estimate of drug-likeness (QED) is 0.493. The molecule has 33 heavy (non-hydrogen) atoms. The van der Waals surface area contributed by atoms with Crippen LogP contribution in [0.5, 0.6) is 5.75 Å². The molecule has 0 radical (unpaired) electrons. The van der Waals surface area contributed by atoms with Gasteiger partial charge in [0.25, 0.3) is 10.0 Å². The van der Waals surface area contributed by atoms with Crippen molar-refractivity contribution in [1.82, 2.24) is 5.32 Å². The molecule has 0 spiro atoms. The lowest BCUT2D eigenvalue weighted by Crippen LogP contribution is -2.42. The summed E-state index contributed by atoms with van der Waals surface area (Å²) in [5.74, 6) is -0.0241. The molecule has 0 aliphatic rings. The number of rotatable bonds is 9. The monoisotopic (exact) mass is 466 g/mol. The first kappa shape index (κ1) is 24.3. The Morgan fingerprint density at radius 3 is 2.21 bits per heavy atom.